The molecule has 0 aromatic heterocycles. The zero-order chi connectivity index (χ0) is 13.0. The number of rotatable bonds is 4. The first-order valence-electron chi connectivity index (χ1n) is 6.14. The molecule has 1 aromatic rings. The van der Waals surface area contributed by atoms with Crippen molar-refractivity contribution >= 4 is 27.5 Å². The predicted molar refractivity (Wildman–Crippen MR) is 78.6 cm³/mol. The van der Waals surface area contributed by atoms with E-state index in [0.29, 0.717) is 11.6 Å². The highest BCUT2D eigenvalue weighted by Crippen LogP contribution is 2.26. The van der Waals surface area contributed by atoms with Crippen LogP contribution in [0.15, 0.2) is 22.7 Å². The van der Waals surface area contributed by atoms with Crippen LogP contribution in [0.2, 0.25) is 5.02 Å². The largest absolute Gasteiger partial charge is 0.492 e. The normalized spacial score (nSPS) is 17.9. The summed E-state index contributed by atoms with van der Waals surface area (Å²) in [6.07, 6.45) is 0. The number of halogens is 2. The van der Waals surface area contributed by atoms with E-state index in [1.807, 2.05) is 18.2 Å². The first-order chi connectivity index (χ1) is 8.65. The third-order valence-corrected chi connectivity index (χ3v) is 4.40. The van der Waals surface area contributed by atoms with E-state index < -0.39 is 0 Å². The Morgan fingerprint density at radius 2 is 2.00 bits per heavy atom. The second-order valence-electron chi connectivity index (χ2n) is 4.57. The summed E-state index contributed by atoms with van der Waals surface area (Å²) in [4.78, 5) is 4.78. The van der Waals surface area contributed by atoms with Gasteiger partial charge in [0.05, 0.1) is 5.02 Å². The highest BCUT2D eigenvalue weighted by atomic mass is 79.9. The van der Waals surface area contributed by atoms with Gasteiger partial charge < -0.3 is 9.64 Å². The average molecular weight is 334 g/mol. The fraction of sp³-hybridized carbons (Fsp3) is 0.538. The number of piperazine rings is 1. The molecule has 3 nitrogen and oxygen atoms in total. The standard InChI is InChI=1S/C13H18BrClN2O/c1-16-4-6-17(7-5-16)8-9-18-11-2-3-12(14)13(15)10-11/h2-3,10H,4-9H2,1H3. The molecule has 0 saturated carbocycles. The number of hydrogen-bond donors (Lipinski definition) is 0. The van der Waals surface area contributed by atoms with Crippen LogP contribution in [-0.2, 0) is 0 Å². The van der Waals surface area contributed by atoms with Crippen molar-refractivity contribution in [2.75, 3.05) is 46.4 Å². The molecule has 0 radical (unpaired) electrons. The molecule has 1 saturated heterocycles. The van der Waals surface area contributed by atoms with Gasteiger partial charge in [0.1, 0.15) is 12.4 Å². The summed E-state index contributed by atoms with van der Waals surface area (Å²) >= 11 is 9.38. The molecule has 100 valence electrons. The number of nitrogens with zero attached hydrogens (tertiary/aromatic N) is 2. The van der Waals surface area contributed by atoms with Gasteiger partial charge in [0.2, 0.25) is 0 Å². The van der Waals surface area contributed by atoms with Crippen molar-refractivity contribution in [3.05, 3.63) is 27.7 Å². The van der Waals surface area contributed by atoms with E-state index in [2.05, 4.69) is 32.8 Å². The molecule has 1 aromatic carbocycles. The summed E-state index contributed by atoms with van der Waals surface area (Å²) < 4.78 is 6.61. The van der Waals surface area contributed by atoms with Crippen LogP contribution < -0.4 is 4.74 Å². The van der Waals surface area contributed by atoms with Gasteiger partial charge in [0.25, 0.3) is 0 Å². The minimum Gasteiger partial charge on any atom is -0.492 e. The van der Waals surface area contributed by atoms with Gasteiger partial charge in [-0.25, -0.2) is 0 Å². The number of ether oxygens (including phenoxy) is 1. The van der Waals surface area contributed by atoms with Gasteiger partial charge in [-0.2, -0.15) is 0 Å². The third-order valence-electron chi connectivity index (χ3n) is 3.16. The first-order valence-corrected chi connectivity index (χ1v) is 7.31. The highest BCUT2D eigenvalue weighted by Gasteiger charge is 2.13. The minimum absolute atomic E-state index is 0.687. The maximum atomic E-state index is 6.01. The lowest BCUT2D eigenvalue weighted by Gasteiger charge is -2.32. The van der Waals surface area contributed by atoms with Crippen molar-refractivity contribution in [2.24, 2.45) is 0 Å². The Balaban J connectivity index is 1.73. The summed E-state index contributed by atoms with van der Waals surface area (Å²) in [5, 5.41) is 0.687. The monoisotopic (exact) mass is 332 g/mol. The minimum atomic E-state index is 0.687. The van der Waals surface area contributed by atoms with Crippen LogP contribution in [0.1, 0.15) is 0 Å². The molecule has 5 heteroatoms. The first kappa shape index (κ1) is 14.1. The Labute approximate surface area is 122 Å². The summed E-state index contributed by atoms with van der Waals surface area (Å²) in [6, 6.07) is 5.68. The third kappa shape index (κ3) is 4.12. The number of likely N-dealkylation sites (N-methyl/N-ethyl adjacent to an activating group) is 1. The van der Waals surface area contributed by atoms with Crippen LogP contribution in [0.4, 0.5) is 0 Å². The second-order valence-corrected chi connectivity index (χ2v) is 5.83. The number of hydrogen-bond acceptors (Lipinski definition) is 3. The van der Waals surface area contributed by atoms with Crippen molar-refractivity contribution in [1.29, 1.82) is 0 Å². The van der Waals surface area contributed by atoms with E-state index in [9.17, 15) is 0 Å². The molecule has 0 aliphatic carbocycles. The van der Waals surface area contributed by atoms with Gasteiger partial charge in [-0.3, -0.25) is 4.90 Å². The summed E-state index contributed by atoms with van der Waals surface area (Å²) in [5.74, 6) is 0.831. The SMILES string of the molecule is CN1CCN(CCOc2ccc(Br)c(Cl)c2)CC1. The van der Waals surface area contributed by atoms with E-state index in [1.165, 1.54) is 0 Å². The van der Waals surface area contributed by atoms with E-state index in [0.717, 1.165) is 42.9 Å². The molecule has 1 heterocycles. The van der Waals surface area contributed by atoms with Crippen LogP contribution in [0, 0.1) is 0 Å². The Hall–Kier alpha value is -0.290. The smallest absolute Gasteiger partial charge is 0.120 e. The molecule has 18 heavy (non-hydrogen) atoms. The fourth-order valence-corrected chi connectivity index (χ4v) is 2.35. The highest BCUT2D eigenvalue weighted by molar-refractivity contribution is 9.10. The van der Waals surface area contributed by atoms with Crippen molar-refractivity contribution in [2.45, 2.75) is 0 Å². The average Bonchev–Trinajstić information content (AvgIpc) is 2.36. The Morgan fingerprint density at radius 3 is 2.67 bits per heavy atom. The molecule has 1 fully saturated rings. The molecular weight excluding hydrogens is 316 g/mol. The van der Waals surface area contributed by atoms with Gasteiger partial charge in [-0.1, -0.05) is 11.6 Å². The van der Waals surface area contributed by atoms with Crippen LogP contribution in [0.5, 0.6) is 5.75 Å². The van der Waals surface area contributed by atoms with Gasteiger partial charge in [0, 0.05) is 37.2 Å². The topological polar surface area (TPSA) is 15.7 Å². The molecule has 0 N–H and O–H groups in total. The molecule has 2 rings (SSSR count). The maximum Gasteiger partial charge on any atom is 0.120 e. The lowest BCUT2D eigenvalue weighted by Crippen LogP contribution is -2.45. The summed E-state index contributed by atoms with van der Waals surface area (Å²) in [5.41, 5.74) is 0. The van der Waals surface area contributed by atoms with Gasteiger partial charge >= 0.3 is 0 Å². The van der Waals surface area contributed by atoms with Crippen LogP contribution in [-0.4, -0.2) is 56.2 Å². The van der Waals surface area contributed by atoms with Crippen molar-refractivity contribution in [3.63, 3.8) is 0 Å². The molecule has 0 bridgehead atoms. The van der Waals surface area contributed by atoms with E-state index in [-0.39, 0.29) is 0 Å². The van der Waals surface area contributed by atoms with E-state index in [1.54, 1.807) is 0 Å². The van der Waals surface area contributed by atoms with E-state index >= 15 is 0 Å². The van der Waals surface area contributed by atoms with E-state index in [4.69, 9.17) is 16.3 Å². The van der Waals surface area contributed by atoms with Crippen molar-refractivity contribution in [3.8, 4) is 5.75 Å². The molecule has 1 aliphatic rings. The van der Waals surface area contributed by atoms with Crippen LogP contribution >= 0.6 is 27.5 Å². The van der Waals surface area contributed by atoms with Gasteiger partial charge in [-0.05, 0) is 41.2 Å². The molecule has 0 atom stereocenters. The Kier molecular flexibility index (Phi) is 5.30. The van der Waals surface area contributed by atoms with Crippen LogP contribution in [0.3, 0.4) is 0 Å². The molecule has 0 spiro atoms. The molecule has 0 amide bonds. The lowest BCUT2D eigenvalue weighted by atomic mass is 10.3. The fourth-order valence-electron chi connectivity index (χ4n) is 1.93. The number of benzene rings is 1. The van der Waals surface area contributed by atoms with Crippen LogP contribution in [0.25, 0.3) is 0 Å². The zero-order valence-electron chi connectivity index (χ0n) is 10.5. The molecule has 0 unspecified atom stereocenters. The molecular formula is C13H18BrClN2O. The predicted octanol–water partition coefficient (Wildman–Crippen LogP) is 2.73. The van der Waals surface area contributed by atoms with Gasteiger partial charge in [-0.15, -0.1) is 0 Å². The summed E-state index contributed by atoms with van der Waals surface area (Å²) in [7, 11) is 2.16. The van der Waals surface area contributed by atoms with Gasteiger partial charge in [0.15, 0.2) is 0 Å². The Bertz CT molecular complexity index is 395. The van der Waals surface area contributed by atoms with Crippen molar-refractivity contribution in [1.82, 2.24) is 9.80 Å². The zero-order valence-corrected chi connectivity index (χ0v) is 12.9. The maximum absolute atomic E-state index is 6.01. The second kappa shape index (κ2) is 6.75. The van der Waals surface area contributed by atoms with Crippen molar-refractivity contribution < 1.29 is 4.74 Å². The Morgan fingerprint density at radius 1 is 1.28 bits per heavy atom. The quantitative estimate of drug-likeness (QED) is 0.842. The summed E-state index contributed by atoms with van der Waals surface area (Å²) in [6.45, 7) is 6.22. The molecule has 1 aliphatic heterocycles. The lowest BCUT2D eigenvalue weighted by molar-refractivity contribution is 0.134.